The number of likely N-dealkylation sites (N-methyl/N-ethyl adjacent to an activating group) is 1. The van der Waals surface area contributed by atoms with E-state index in [0.29, 0.717) is 17.4 Å². The standard InChI is InChI=1S/C50H98NO8P/c1-6-8-10-12-14-16-18-20-22-24-26-28-30-32-34-36-38-40-42-49(52)56-46-48(47-58-60(54,55)57-45-44-51(3,4)5)59-50(53)43-41-39-37-35-33-31-29-27-25-23-21-19-17-15-13-11-9-7-2/h23,25,48H,6-22,24,26-47H2,1-5H3/b25-23-. The molecule has 0 aromatic heterocycles. The summed E-state index contributed by atoms with van der Waals surface area (Å²) >= 11 is 0. The van der Waals surface area contributed by atoms with Crippen LogP contribution in [0.15, 0.2) is 12.2 Å². The highest BCUT2D eigenvalue weighted by molar-refractivity contribution is 7.45. The third kappa shape index (κ3) is 46.3. The highest BCUT2D eigenvalue weighted by Crippen LogP contribution is 2.38. The van der Waals surface area contributed by atoms with Crippen molar-refractivity contribution in [2.75, 3.05) is 47.5 Å². The second-order valence-corrected chi connectivity index (χ2v) is 20.0. The molecular formula is C50H98NO8P. The zero-order valence-corrected chi connectivity index (χ0v) is 41.1. The van der Waals surface area contributed by atoms with Gasteiger partial charge in [0.15, 0.2) is 6.10 Å². The summed E-state index contributed by atoms with van der Waals surface area (Å²) in [4.78, 5) is 37.7. The second-order valence-electron chi connectivity index (χ2n) is 18.5. The molecule has 0 N–H and O–H groups in total. The van der Waals surface area contributed by atoms with E-state index < -0.39 is 26.5 Å². The summed E-state index contributed by atoms with van der Waals surface area (Å²) in [5, 5.41) is 0. The number of rotatable bonds is 47. The summed E-state index contributed by atoms with van der Waals surface area (Å²) < 4.78 is 34.0. The van der Waals surface area contributed by atoms with Gasteiger partial charge in [0.2, 0.25) is 0 Å². The fourth-order valence-electron chi connectivity index (χ4n) is 7.30. The maximum atomic E-state index is 12.7. The third-order valence-electron chi connectivity index (χ3n) is 11.3. The monoisotopic (exact) mass is 872 g/mol. The number of esters is 2. The van der Waals surface area contributed by atoms with Crippen molar-refractivity contribution in [2.45, 2.75) is 251 Å². The maximum Gasteiger partial charge on any atom is 0.306 e. The largest absolute Gasteiger partial charge is 0.756 e. The van der Waals surface area contributed by atoms with Gasteiger partial charge >= 0.3 is 11.9 Å². The number of hydrogen-bond acceptors (Lipinski definition) is 8. The number of unbranched alkanes of at least 4 members (excludes halogenated alkanes) is 31. The van der Waals surface area contributed by atoms with Gasteiger partial charge in [0.1, 0.15) is 19.8 Å². The molecule has 0 amide bonds. The average molecular weight is 872 g/mol. The average Bonchev–Trinajstić information content (AvgIpc) is 3.20. The molecule has 356 valence electrons. The van der Waals surface area contributed by atoms with Crippen LogP contribution in [-0.4, -0.2) is 70.0 Å². The van der Waals surface area contributed by atoms with Crippen molar-refractivity contribution in [2.24, 2.45) is 0 Å². The van der Waals surface area contributed by atoms with Crippen LogP contribution in [0.3, 0.4) is 0 Å². The van der Waals surface area contributed by atoms with Crippen molar-refractivity contribution >= 4 is 19.8 Å². The zero-order valence-electron chi connectivity index (χ0n) is 40.2. The lowest BCUT2D eigenvalue weighted by molar-refractivity contribution is -0.870. The van der Waals surface area contributed by atoms with Crippen molar-refractivity contribution < 1.29 is 42.1 Å². The number of quaternary nitrogens is 1. The van der Waals surface area contributed by atoms with Crippen LogP contribution in [0.1, 0.15) is 245 Å². The number of phosphoric ester groups is 1. The quantitative estimate of drug-likeness (QED) is 0.0195. The molecule has 60 heavy (non-hydrogen) atoms. The normalized spacial score (nSPS) is 13.5. The van der Waals surface area contributed by atoms with Crippen LogP contribution in [0.4, 0.5) is 0 Å². The van der Waals surface area contributed by atoms with Crippen molar-refractivity contribution in [3.8, 4) is 0 Å². The number of allylic oxidation sites excluding steroid dienone is 2. The van der Waals surface area contributed by atoms with Crippen molar-refractivity contribution in [1.29, 1.82) is 0 Å². The first kappa shape index (κ1) is 58.8. The molecule has 0 aliphatic heterocycles. The summed E-state index contributed by atoms with van der Waals surface area (Å²) in [5.41, 5.74) is 0. The lowest BCUT2D eigenvalue weighted by Crippen LogP contribution is -2.37. The Morgan fingerprint density at radius 2 is 0.850 bits per heavy atom. The zero-order chi connectivity index (χ0) is 44.3. The van der Waals surface area contributed by atoms with E-state index in [-0.39, 0.29) is 32.0 Å². The molecule has 0 heterocycles. The van der Waals surface area contributed by atoms with Gasteiger partial charge in [0.05, 0.1) is 27.7 Å². The molecule has 0 aliphatic carbocycles. The van der Waals surface area contributed by atoms with Gasteiger partial charge in [-0.15, -0.1) is 0 Å². The van der Waals surface area contributed by atoms with Crippen LogP contribution >= 0.6 is 7.82 Å². The van der Waals surface area contributed by atoms with Crippen molar-refractivity contribution in [3.05, 3.63) is 12.2 Å². The van der Waals surface area contributed by atoms with Gasteiger partial charge in [-0.25, -0.2) is 0 Å². The number of ether oxygens (including phenoxy) is 2. The van der Waals surface area contributed by atoms with Gasteiger partial charge in [-0.05, 0) is 38.5 Å². The number of carbonyl (C=O) groups is 2. The molecule has 0 saturated carbocycles. The first-order valence-corrected chi connectivity index (χ1v) is 26.9. The molecule has 10 heteroatoms. The molecule has 0 aliphatic rings. The SMILES string of the molecule is CCCCCCCCC/C=C\CCCCCCCCCC(=O)OC(COC(=O)CCCCCCCCCCCCCCCCCCCC)COP(=O)([O-])OCC[N+](C)(C)C. The fraction of sp³-hybridized carbons (Fsp3) is 0.920. The predicted octanol–water partition coefficient (Wildman–Crippen LogP) is 14.3. The maximum absolute atomic E-state index is 12.7. The highest BCUT2D eigenvalue weighted by Gasteiger charge is 2.21. The molecule has 0 aromatic carbocycles. The van der Waals surface area contributed by atoms with E-state index in [2.05, 4.69) is 26.0 Å². The molecule has 0 fully saturated rings. The topological polar surface area (TPSA) is 111 Å². The summed E-state index contributed by atoms with van der Waals surface area (Å²) in [6, 6.07) is 0. The first-order valence-electron chi connectivity index (χ1n) is 25.4. The van der Waals surface area contributed by atoms with Crippen molar-refractivity contribution in [3.63, 3.8) is 0 Å². The lowest BCUT2D eigenvalue weighted by Gasteiger charge is -2.28. The number of carbonyl (C=O) groups excluding carboxylic acids is 2. The third-order valence-corrected chi connectivity index (χ3v) is 12.2. The van der Waals surface area contributed by atoms with E-state index in [9.17, 15) is 19.0 Å². The van der Waals surface area contributed by atoms with Gasteiger partial charge in [-0.2, -0.15) is 0 Å². The van der Waals surface area contributed by atoms with Gasteiger partial charge in [-0.3, -0.25) is 14.2 Å². The minimum atomic E-state index is -4.62. The number of phosphoric acid groups is 1. The van der Waals surface area contributed by atoms with E-state index in [1.807, 2.05) is 21.1 Å². The van der Waals surface area contributed by atoms with E-state index in [1.54, 1.807) is 0 Å². The molecule has 0 saturated heterocycles. The molecule has 0 rings (SSSR count). The molecular weight excluding hydrogens is 774 g/mol. The molecule has 0 spiro atoms. The van der Waals surface area contributed by atoms with Gasteiger partial charge in [-0.1, -0.05) is 206 Å². The summed E-state index contributed by atoms with van der Waals surface area (Å²) in [6.07, 6.45) is 46.6. The molecule has 0 aromatic rings. The van der Waals surface area contributed by atoms with Crippen LogP contribution in [-0.2, 0) is 32.7 Å². The van der Waals surface area contributed by atoms with E-state index in [0.717, 1.165) is 44.9 Å². The Bertz CT molecular complexity index is 1030. The second kappa shape index (κ2) is 43.0. The van der Waals surface area contributed by atoms with Gasteiger partial charge < -0.3 is 27.9 Å². The molecule has 2 atom stereocenters. The Hall–Kier alpha value is -1.25. The minimum absolute atomic E-state index is 0.0282. The van der Waals surface area contributed by atoms with Crippen LogP contribution in [0.2, 0.25) is 0 Å². The highest BCUT2D eigenvalue weighted by atomic mass is 31.2. The Morgan fingerprint density at radius 1 is 0.500 bits per heavy atom. The smallest absolute Gasteiger partial charge is 0.306 e. The first-order chi connectivity index (χ1) is 29.0. The predicted molar refractivity (Wildman–Crippen MR) is 250 cm³/mol. The Morgan fingerprint density at radius 3 is 1.23 bits per heavy atom. The van der Waals surface area contributed by atoms with Crippen LogP contribution in [0.5, 0.6) is 0 Å². The molecule has 0 bridgehead atoms. The lowest BCUT2D eigenvalue weighted by atomic mass is 10.0. The number of nitrogens with zero attached hydrogens (tertiary/aromatic N) is 1. The van der Waals surface area contributed by atoms with Crippen LogP contribution in [0.25, 0.3) is 0 Å². The van der Waals surface area contributed by atoms with Crippen LogP contribution < -0.4 is 4.89 Å². The van der Waals surface area contributed by atoms with E-state index >= 15 is 0 Å². The van der Waals surface area contributed by atoms with Gasteiger partial charge in [0, 0.05) is 12.8 Å². The fourth-order valence-corrected chi connectivity index (χ4v) is 8.03. The van der Waals surface area contributed by atoms with Crippen molar-refractivity contribution in [1.82, 2.24) is 0 Å². The van der Waals surface area contributed by atoms with E-state index in [1.165, 1.54) is 167 Å². The molecule has 0 radical (unpaired) electrons. The Labute approximate surface area is 371 Å². The Kier molecular flexibility index (Phi) is 42.1. The summed E-state index contributed by atoms with van der Waals surface area (Å²) in [7, 11) is 1.18. The Balaban J connectivity index is 4.24. The van der Waals surface area contributed by atoms with Crippen LogP contribution in [0, 0.1) is 0 Å². The minimum Gasteiger partial charge on any atom is -0.756 e. The molecule has 9 nitrogen and oxygen atoms in total. The summed E-state index contributed by atoms with van der Waals surface area (Å²) in [6.45, 7) is 4.27. The number of hydrogen-bond donors (Lipinski definition) is 0. The van der Waals surface area contributed by atoms with Gasteiger partial charge in [0.25, 0.3) is 7.82 Å². The molecule has 2 unspecified atom stereocenters. The van der Waals surface area contributed by atoms with E-state index in [4.69, 9.17) is 18.5 Å². The summed E-state index contributed by atoms with van der Waals surface area (Å²) in [5.74, 6) is -0.824.